The summed E-state index contributed by atoms with van der Waals surface area (Å²) in [7, 11) is 0. The molecular formula is C15H31NO2S. The average Bonchev–Trinajstić information content (AvgIpc) is 2.41. The minimum Gasteiger partial charge on any atom is -0.465 e. The van der Waals surface area contributed by atoms with Crippen LogP contribution in [0.3, 0.4) is 0 Å². The first-order valence-corrected chi connectivity index (χ1v) is 8.58. The maximum atomic E-state index is 12.1. The van der Waals surface area contributed by atoms with Crippen molar-refractivity contribution in [3.63, 3.8) is 0 Å². The summed E-state index contributed by atoms with van der Waals surface area (Å²) in [6.45, 7) is 11.7. The Balaban J connectivity index is 4.22. The minimum absolute atomic E-state index is 0.114. The first-order valence-electron chi connectivity index (χ1n) is 7.54. The van der Waals surface area contributed by atoms with Crippen LogP contribution in [0.2, 0.25) is 0 Å². The Hall–Kier alpha value is -0.220. The highest BCUT2D eigenvalue weighted by Crippen LogP contribution is 2.20. The lowest BCUT2D eigenvalue weighted by molar-refractivity contribution is -0.150. The lowest BCUT2D eigenvalue weighted by atomic mass is 9.96. The smallest absolute Gasteiger partial charge is 0.326 e. The van der Waals surface area contributed by atoms with Gasteiger partial charge in [0, 0.05) is 5.25 Å². The van der Waals surface area contributed by atoms with Crippen LogP contribution in [-0.2, 0) is 9.53 Å². The molecule has 19 heavy (non-hydrogen) atoms. The van der Waals surface area contributed by atoms with Gasteiger partial charge in [-0.25, -0.2) is 0 Å². The van der Waals surface area contributed by atoms with Crippen LogP contribution in [0.15, 0.2) is 0 Å². The lowest BCUT2D eigenvalue weighted by Crippen LogP contribution is -2.50. The van der Waals surface area contributed by atoms with E-state index in [0.717, 1.165) is 31.6 Å². The molecule has 2 unspecified atom stereocenters. The first-order chi connectivity index (χ1) is 9.00. The molecule has 0 aliphatic heterocycles. The van der Waals surface area contributed by atoms with Gasteiger partial charge >= 0.3 is 5.97 Å². The molecule has 0 saturated carbocycles. The van der Waals surface area contributed by atoms with Crippen molar-refractivity contribution in [2.75, 3.05) is 18.9 Å². The summed E-state index contributed by atoms with van der Waals surface area (Å²) in [5.41, 5.74) is -0.526. The molecule has 1 N–H and O–H groups in total. The highest BCUT2D eigenvalue weighted by Gasteiger charge is 2.33. The van der Waals surface area contributed by atoms with E-state index < -0.39 is 5.54 Å². The van der Waals surface area contributed by atoms with Gasteiger partial charge in [-0.15, -0.1) is 0 Å². The molecule has 0 fully saturated rings. The number of hydrogen-bond acceptors (Lipinski definition) is 4. The predicted octanol–water partition coefficient (Wildman–Crippen LogP) is 3.62. The number of esters is 1. The zero-order valence-corrected chi connectivity index (χ0v) is 14.1. The van der Waals surface area contributed by atoms with E-state index in [2.05, 4.69) is 26.1 Å². The predicted molar refractivity (Wildman–Crippen MR) is 84.8 cm³/mol. The van der Waals surface area contributed by atoms with E-state index in [1.807, 2.05) is 25.6 Å². The van der Waals surface area contributed by atoms with Crippen molar-refractivity contribution >= 4 is 17.7 Å². The molecule has 0 heterocycles. The first kappa shape index (κ1) is 18.8. The third-order valence-corrected chi connectivity index (χ3v) is 4.72. The van der Waals surface area contributed by atoms with Gasteiger partial charge in [0.1, 0.15) is 5.54 Å². The molecule has 0 aliphatic rings. The largest absolute Gasteiger partial charge is 0.465 e. The normalized spacial score (nSPS) is 15.8. The molecule has 3 nitrogen and oxygen atoms in total. The van der Waals surface area contributed by atoms with Crippen LogP contribution in [0.5, 0.6) is 0 Å². The fourth-order valence-corrected chi connectivity index (χ4v) is 2.73. The minimum atomic E-state index is -0.526. The molecule has 0 aliphatic carbocycles. The second kappa shape index (κ2) is 10.6. The van der Waals surface area contributed by atoms with Crippen molar-refractivity contribution in [2.24, 2.45) is 0 Å². The van der Waals surface area contributed by atoms with Gasteiger partial charge in [0.15, 0.2) is 0 Å². The molecule has 2 atom stereocenters. The average molecular weight is 289 g/mol. The molecular weight excluding hydrogens is 258 g/mol. The summed E-state index contributed by atoms with van der Waals surface area (Å²) in [5.74, 6) is 0.995. The topological polar surface area (TPSA) is 38.3 Å². The maximum absolute atomic E-state index is 12.1. The zero-order chi connectivity index (χ0) is 14.7. The van der Waals surface area contributed by atoms with Crippen molar-refractivity contribution < 1.29 is 9.53 Å². The standard InChI is InChI=1S/C15H31NO2S/c1-6-11-16-15(5,14(17)18-8-3)10-9-12-19-13(4)7-2/h13,16H,6-12H2,1-5H3. The lowest BCUT2D eigenvalue weighted by Gasteiger charge is -2.28. The summed E-state index contributed by atoms with van der Waals surface area (Å²) in [4.78, 5) is 12.1. The quantitative estimate of drug-likeness (QED) is 0.466. The van der Waals surface area contributed by atoms with E-state index in [1.165, 1.54) is 6.42 Å². The number of ether oxygens (including phenoxy) is 1. The number of rotatable bonds is 11. The van der Waals surface area contributed by atoms with Gasteiger partial charge in [-0.1, -0.05) is 20.8 Å². The van der Waals surface area contributed by atoms with Gasteiger partial charge in [0.05, 0.1) is 6.61 Å². The number of thioether (sulfide) groups is 1. The van der Waals surface area contributed by atoms with Crippen molar-refractivity contribution in [1.29, 1.82) is 0 Å². The van der Waals surface area contributed by atoms with Gasteiger partial charge < -0.3 is 10.1 Å². The van der Waals surface area contributed by atoms with E-state index >= 15 is 0 Å². The van der Waals surface area contributed by atoms with E-state index in [-0.39, 0.29) is 5.97 Å². The zero-order valence-electron chi connectivity index (χ0n) is 13.3. The summed E-state index contributed by atoms with van der Waals surface area (Å²) < 4.78 is 5.20. The van der Waals surface area contributed by atoms with E-state index in [9.17, 15) is 4.79 Å². The highest BCUT2D eigenvalue weighted by molar-refractivity contribution is 7.99. The van der Waals surface area contributed by atoms with Crippen LogP contribution < -0.4 is 5.32 Å². The third kappa shape index (κ3) is 7.83. The SMILES string of the molecule is CCCNC(C)(CCCSC(C)CC)C(=O)OCC. The monoisotopic (exact) mass is 289 g/mol. The Kier molecular flexibility index (Phi) is 10.4. The van der Waals surface area contributed by atoms with Crippen molar-refractivity contribution in [1.82, 2.24) is 5.32 Å². The molecule has 0 saturated heterocycles. The van der Waals surface area contributed by atoms with E-state index in [1.54, 1.807) is 0 Å². The Labute approximate surface area is 123 Å². The molecule has 0 amide bonds. The van der Waals surface area contributed by atoms with Crippen LogP contribution >= 0.6 is 11.8 Å². The number of carbonyl (C=O) groups excluding carboxylic acids is 1. The van der Waals surface area contributed by atoms with Gasteiger partial charge in [-0.2, -0.15) is 11.8 Å². The maximum Gasteiger partial charge on any atom is 0.326 e. The Morgan fingerprint density at radius 2 is 2.05 bits per heavy atom. The van der Waals surface area contributed by atoms with Crippen LogP contribution in [0.25, 0.3) is 0 Å². The molecule has 0 radical (unpaired) electrons. The summed E-state index contributed by atoms with van der Waals surface area (Å²) in [5, 5.41) is 4.05. The van der Waals surface area contributed by atoms with Gasteiger partial charge in [-0.05, 0) is 51.8 Å². The molecule has 0 aromatic carbocycles. The summed E-state index contributed by atoms with van der Waals surface area (Å²) in [6.07, 6.45) is 4.11. The summed E-state index contributed by atoms with van der Waals surface area (Å²) >= 11 is 1.99. The third-order valence-electron chi connectivity index (χ3n) is 3.29. The van der Waals surface area contributed by atoms with Crippen LogP contribution in [0.4, 0.5) is 0 Å². The Morgan fingerprint density at radius 3 is 2.58 bits per heavy atom. The number of carbonyl (C=O) groups is 1. The van der Waals surface area contributed by atoms with Crippen molar-refractivity contribution in [3.05, 3.63) is 0 Å². The van der Waals surface area contributed by atoms with Crippen molar-refractivity contribution in [2.45, 2.75) is 71.1 Å². The molecule has 0 aromatic rings. The molecule has 0 rings (SSSR count). The van der Waals surface area contributed by atoms with E-state index in [4.69, 9.17) is 4.74 Å². The fraction of sp³-hybridized carbons (Fsp3) is 0.933. The molecule has 114 valence electrons. The second-order valence-corrected chi connectivity index (χ2v) is 6.72. The fourth-order valence-electron chi connectivity index (χ4n) is 1.78. The Bertz CT molecular complexity index is 248. The van der Waals surface area contributed by atoms with Crippen LogP contribution in [0, 0.1) is 0 Å². The van der Waals surface area contributed by atoms with Crippen LogP contribution in [0.1, 0.15) is 60.3 Å². The molecule has 0 aromatic heterocycles. The van der Waals surface area contributed by atoms with Crippen LogP contribution in [-0.4, -0.2) is 35.7 Å². The Morgan fingerprint density at radius 1 is 1.37 bits per heavy atom. The number of nitrogens with one attached hydrogen (secondary N) is 1. The molecule has 0 bridgehead atoms. The van der Waals surface area contributed by atoms with Crippen molar-refractivity contribution in [3.8, 4) is 0 Å². The van der Waals surface area contributed by atoms with Gasteiger partial charge in [0.2, 0.25) is 0 Å². The van der Waals surface area contributed by atoms with Gasteiger partial charge in [-0.3, -0.25) is 4.79 Å². The highest BCUT2D eigenvalue weighted by atomic mass is 32.2. The summed E-state index contributed by atoms with van der Waals surface area (Å²) in [6, 6.07) is 0. The second-order valence-electron chi connectivity index (χ2n) is 5.17. The van der Waals surface area contributed by atoms with Gasteiger partial charge in [0.25, 0.3) is 0 Å². The van der Waals surface area contributed by atoms with E-state index in [0.29, 0.717) is 11.9 Å². The molecule has 0 spiro atoms. The molecule has 4 heteroatoms. The number of hydrogen-bond donors (Lipinski definition) is 1.